The SMILES string of the molecule is COc1ccc(C=CC(=O)Nc2ccc(-n3ccnc3)c(F)c2)c(OC)c1. The van der Waals surface area contributed by atoms with Crippen molar-refractivity contribution in [3.8, 4) is 17.2 Å². The van der Waals surface area contributed by atoms with Crippen LogP contribution < -0.4 is 14.8 Å². The van der Waals surface area contributed by atoms with Gasteiger partial charge in [-0.2, -0.15) is 0 Å². The van der Waals surface area contributed by atoms with Crippen molar-refractivity contribution < 1.29 is 18.7 Å². The quantitative estimate of drug-likeness (QED) is 0.675. The van der Waals surface area contributed by atoms with Gasteiger partial charge in [0.25, 0.3) is 0 Å². The lowest BCUT2D eigenvalue weighted by molar-refractivity contribution is -0.111. The summed E-state index contributed by atoms with van der Waals surface area (Å²) in [7, 11) is 3.10. The third kappa shape index (κ3) is 4.33. The molecule has 0 aliphatic heterocycles. The molecule has 0 bridgehead atoms. The van der Waals surface area contributed by atoms with E-state index in [1.165, 1.54) is 25.6 Å². The Bertz CT molecular complexity index is 969. The summed E-state index contributed by atoms with van der Waals surface area (Å²) in [6.45, 7) is 0. The Morgan fingerprint density at radius 1 is 1.19 bits per heavy atom. The number of benzene rings is 2. The number of anilines is 1. The Balaban J connectivity index is 1.71. The molecule has 0 saturated carbocycles. The Labute approximate surface area is 155 Å². The van der Waals surface area contributed by atoms with Gasteiger partial charge >= 0.3 is 0 Å². The number of amides is 1. The van der Waals surface area contributed by atoms with Crippen molar-refractivity contribution in [2.75, 3.05) is 19.5 Å². The monoisotopic (exact) mass is 367 g/mol. The number of imidazole rings is 1. The van der Waals surface area contributed by atoms with Crippen LogP contribution in [0.25, 0.3) is 11.8 Å². The van der Waals surface area contributed by atoms with Gasteiger partial charge in [-0.15, -0.1) is 0 Å². The van der Waals surface area contributed by atoms with Crippen molar-refractivity contribution in [1.29, 1.82) is 0 Å². The van der Waals surface area contributed by atoms with E-state index >= 15 is 0 Å². The number of aromatic nitrogens is 2. The van der Waals surface area contributed by atoms with Gasteiger partial charge in [-0.05, 0) is 36.4 Å². The van der Waals surface area contributed by atoms with Crippen LogP contribution in [-0.2, 0) is 4.79 Å². The highest BCUT2D eigenvalue weighted by Crippen LogP contribution is 2.25. The van der Waals surface area contributed by atoms with E-state index in [9.17, 15) is 9.18 Å². The molecule has 1 heterocycles. The minimum absolute atomic E-state index is 0.351. The van der Waals surface area contributed by atoms with Gasteiger partial charge < -0.3 is 19.4 Å². The predicted molar refractivity (Wildman–Crippen MR) is 101 cm³/mol. The molecule has 0 aliphatic carbocycles. The second-order valence-electron chi connectivity index (χ2n) is 5.57. The summed E-state index contributed by atoms with van der Waals surface area (Å²) in [5.41, 5.74) is 1.42. The van der Waals surface area contributed by atoms with Crippen molar-refractivity contribution in [1.82, 2.24) is 9.55 Å². The lowest BCUT2D eigenvalue weighted by atomic mass is 10.1. The van der Waals surface area contributed by atoms with Crippen LogP contribution in [0.4, 0.5) is 10.1 Å². The van der Waals surface area contributed by atoms with E-state index in [4.69, 9.17) is 9.47 Å². The largest absolute Gasteiger partial charge is 0.497 e. The highest BCUT2D eigenvalue weighted by molar-refractivity contribution is 6.02. The maximum Gasteiger partial charge on any atom is 0.248 e. The van der Waals surface area contributed by atoms with Crippen LogP contribution in [0, 0.1) is 5.82 Å². The molecule has 0 spiro atoms. The molecule has 6 nitrogen and oxygen atoms in total. The second kappa shape index (κ2) is 8.18. The van der Waals surface area contributed by atoms with E-state index in [1.807, 2.05) is 0 Å². The molecule has 1 N–H and O–H groups in total. The van der Waals surface area contributed by atoms with E-state index in [1.54, 1.807) is 60.5 Å². The first-order valence-electron chi connectivity index (χ1n) is 8.09. The van der Waals surface area contributed by atoms with Gasteiger partial charge in [0.2, 0.25) is 5.91 Å². The van der Waals surface area contributed by atoms with E-state index in [0.717, 1.165) is 5.56 Å². The van der Waals surface area contributed by atoms with E-state index < -0.39 is 5.82 Å². The van der Waals surface area contributed by atoms with Gasteiger partial charge in [0.05, 0.1) is 26.2 Å². The fourth-order valence-electron chi connectivity index (χ4n) is 2.50. The van der Waals surface area contributed by atoms with Crippen LogP contribution in [0.1, 0.15) is 5.56 Å². The number of nitrogens with zero attached hydrogens (tertiary/aromatic N) is 2. The standard InChI is InChI=1S/C20H18FN3O3/c1-26-16-6-3-14(19(12-16)27-2)4-8-20(25)23-15-5-7-18(17(21)11-15)24-10-9-22-13-24/h3-13H,1-2H3,(H,23,25). The minimum Gasteiger partial charge on any atom is -0.497 e. The molecular formula is C20H18FN3O3. The zero-order valence-electron chi connectivity index (χ0n) is 14.8. The number of carbonyl (C=O) groups is 1. The maximum absolute atomic E-state index is 14.2. The summed E-state index contributed by atoms with van der Waals surface area (Å²) in [5, 5.41) is 2.63. The average molecular weight is 367 g/mol. The number of methoxy groups -OCH3 is 2. The van der Waals surface area contributed by atoms with Gasteiger partial charge in [0.15, 0.2) is 0 Å². The van der Waals surface area contributed by atoms with Crippen LogP contribution in [0.15, 0.2) is 61.2 Å². The van der Waals surface area contributed by atoms with Crippen molar-refractivity contribution in [3.05, 3.63) is 72.6 Å². The lowest BCUT2D eigenvalue weighted by Gasteiger charge is -2.08. The van der Waals surface area contributed by atoms with Crippen molar-refractivity contribution in [3.63, 3.8) is 0 Å². The summed E-state index contributed by atoms with van der Waals surface area (Å²) >= 11 is 0. The van der Waals surface area contributed by atoms with Crippen LogP contribution in [0.3, 0.4) is 0 Å². The number of hydrogen-bond donors (Lipinski definition) is 1. The Kier molecular flexibility index (Phi) is 5.51. The van der Waals surface area contributed by atoms with Crippen molar-refractivity contribution >= 4 is 17.7 Å². The van der Waals surface area contributed by atoms with E-state index in [-0.39, 0.29) is 5.91 Å². The highest BCUT2D eigenvalue weighted by Gasteiger charge is 2.07. The van der Waals surface area contributed by atoms with Gasteiger partial charge in [0, 0.05) is 35.8 Å². The molecule has 1 amide bonds. The Hall–Kier alpha value is -3.61. The van der Waals surface area contributed by atoms with Crippen LogP contribution in [-0.4, -0.2) is 29.7 Å². The van der Waals surface area contributed by atoms with E-state index in [2.05, 4.69) is 10.3 Å². The van der Waals surface area contributed by atoms with Crippen LogP contribution in [0.2, 0.25) is 0 Å². The number of ether oxygens (including phenoxy) is 2. The zero-order valence-corrected chi connectivity index (χ0v) is 14.8. The summed E-state index contributed by atoms with van der Waals surface area (Å²) < 4.78 is 26.2. The maximum atomic E-state index is 14.2. The van der Waals surface area contributed by atoms with Crippen molar-refractivity contribution in [2.45, 2.75) is 0 Å². The fourth-order valence-corrected chi connectivity index (χ4v) is 2.50. The molecule has 1 aromatic heterocycles. The molecule has 2 aromatic carbocycles. The normalized spacial score (nSPS) is 10.8. The molecule has 138 valence electrons. The molecule has 7 heteroatoms. The highest BCUT2D eigenvalue weighted by atomic mass is 19.1. The third-order valence-corrected chi connectivity index (χ3v) is 3.85. The molecule has 0 aliphatic rings. The molecule has 0 fully saturated rings. The number of rotatable bonds is 6. The Morgan fingerprint density at radius 2 is 2.04 bits per heavy atom. The van der Waals surface area contributed by atoms with Gasteiger partial charge in [-0.25, -0.2) is 9.37 Å². The Morgan fingerprint density at radius 3 is 2.70 bits per heavy atom. The average Bonchev–Trinajstić information content (AvgIpc) is 3.20. The molecule has 0 unspecified atom stereocenters. The van der Waals surface area contributed by atoms with Crippen LogP contribution >= 0.6 is 0 Å². The second-order valence-corrected chi connectivity index (χ2v) is 5.57. The number of nitrogens with one attached hydrogen (secondary N) is 1. The third-order valence-electron chi connectivity index (χ3n) is 3.85. The van der Waals surface area contributed by atoms with Gasteiger partial charge in [-0.1, -0.05) is 0 Å². The summed E-state index contributed by atoms with van der Waals surface area (Å²) in [5.74, 6) is 0.380. The summed E-state index contributed by atoms with van der Waals surface area (Å²) in [6.07, 6.45) is 7.67. The first-order chi connectivity index (χ1) is 13.1. The molecule has 0 saturated heterocycles. The van der Waals surface area contributed by atoms with Crippen LogP contribution in [0.5, 0.6) is 11.5 Å². The van der Waals surface area contributed by atoms with E-state index in [0.29, 0.717) is 22.9 Å². The number of halogens is 1. The molecule has 27 heavy (non-hydrogen) atoms. The number of carbonyl (C=O) groups excluding carboxylic acids is 1. The summed E-state index contributed by atoms with van der Waals surface area (Å²) in [6, 6.07) is 9.73. The topological polar surface area (TPSA) is 65.4 Å². The predicted octanol–water partition coefficient (Wildman–Crippen LogP) is 3.68. The molecule has 0 atom stereocenters. The minimum atomic E-state index is -0.466. The summed E-state index contributed by atoms with van der Waals surface area (Å²) in [4.78, 5) is 16.0. The smallest absolute Gasteiger partial charge is 0.248 e. The van der Waals surface area contributed by atoms with Gasteiger partial charge in [0.1, 0.15) is 17.3 Å². The number of hydrogen-bond acceptors (Lipinski definition) is 4. The first-order valence-corrected chi connectivity index (χ1v) is 8.09. The fraction of sp³-hybridized carbons (Fsp3) is 0.100. The molecule has 3 rings (SSSR count). The van der Waals surface area contributed by atoms with Gasteiger partial charge in [-0.3, -0.25) is 4.79 Å². The zero-order chi connectivity index (χ0) is 19.2. The lowest BCUT2D eigenvalue weighted by Crippen LogP contribution is -2.08. The molecule has 3 aromatic rings. The van der Waals surface area contributed by atoms with Crippen molar-refractivity contribution in [2.24, 2.45) is 0 Å². The molecule has 0 radical (unpaired) electrons. The molecular weight excluding hydrogens is 349 g/mol. The first kappa shape index (κ1) is 18.2.